The summed E-state index contributed by atoms with van der Waals surface area (Å²) in [5.74, 6) is 0.791. The summed E-state index contributed by atoms with van der Waals surface area (Å²) in [4.78, 5) is 4.63. The van der Waals surface area contributed by atoms with Crippen molar-refractivity contribution in [3.8, 4) is 5.75 Å². The molecule has 1 saturated heterocycles. The molecule has 1 atom stereocenters. The van der Waals surface area contributed by atoms with Crippen LogP contribution < -0.4 is 4.74 Å². The van der Waals surface area contributed by atoms with Crippen molar-refractivity contribution in [3.63, 3.8) is 0 Å². The van der Waals surface area contributed by atoms with Crippen molar-refractivity contribution in [3.05, 3.63) is 28.7 Å². The first kappa shape index (κ1) is 16.7. The van der Waals surface area contributed by atoms with Crippen molar-refractivity contribution in [2.24, 2.45) is 0 Å². The van der Waals surface area contributed by atoms with E-state index >= 15 is 0 Å². The van der Waals surface area contributed by atoms with Crippen LogP contribution in [0, 0.1) is 0 Å². The van der Waals surface area contributed by atoms with Gasteiger partial charge in [0.1, 0.15) is 18.5 Å². The molecule has 1 N–H and O–H groups in total. The number of ether oxygens (including phenoxy) is 1. The molecule has 0 aromatic heterocycles. The largest absolute Gasteiger partial charge is 0.491 e. The molecule has 1 aromatic rings. The number of hydrogen-bond acceptors (Lipinski definition) is 4. The predicted octanol–water partition coefficient (Wildman–Crippen LogP) is 2.21. The van der Waals surface area contributed by atoms with E-state index in [0.29, 0.717) is 19.2 Å². The molecule has 21 heavy (non-hydrogen) atoms. The lowest BCUT2D eigenvalue weighted by molar-refractivity contribution is 0.0498. The number of piperidine rings is 1. The maximum Gasteiger partial charge on any atom is 0.119 e. The zero-order chi connectivity index (χ0) is 15.2. The zero-order valence-corrected chi connectivity index (χ0v) is 14.4. The lowest BCUT2D eigenvalue weighted by Crippen LogP contribution is -2.45. The Bertz CT molecular complexity index is 419. The standard InChI is InChI=1S/C16H25BrN2O2/c1-18-9-7-14(8-10-18)19(2)11-15(20)12-21-16-5-3-13(17)4-6-16/h3-6,14-15,20H,7-12H2,1-2H3/t15-/m1/s1. The van der Waals surface area contributed by atoms with E-state index in [-0.39, 0.29) is 0 Å². The molecule has 4 nitrogen and oxygen atoms in total. The summed E-state index contributed by atoms with van der Waals surface area (Å²) >= 11 is 3.39. The van der Waals surface area contributed by atoms with Crippen LogP contribution in [0.3, 0.4) is 0 Å². The summed E-state index contributed by atoms with van der Waals surface area (Å²) in [6.45, 7) is 3.27. The number of rotatable bonds is 6. The number of benzene rings is 1. The normalized spacial score (nSPS) is 18.9. The van der Waals surface area contributed by atoms with E-state index in [9.17, 15) is 5.11 Å². The van der Waals surface area contributed by atoms with Gasteiger partial charge < -0.3 is 19.6 Å². The minimum Gasteiger partial charge on any atom is -0.491 e. The summed E-state index contributed by atoms with van der Waals surface area (Å²) in [5, 5.41) is 10.1. The van der Waals surface area contributed by atoms with Crippen LogP contribution in [0.4, 0.5) is 0 Å². The van der Waals surface area contributed by atoms with E-state index in [2.05, 4.69) is 39.8 Å². The van der Waals surface area contributed by atoms with Crippen LogP contribution in [0.1, 0.15) is 12.8 Å². The second kappa shape index (κ2) is 8.13. The van der Waals surface area contributed by atoms with Gasteiger partial charge in [0.2, 0.25) is 0 Å². The smallest absolute Gasteiger partial charge is 0.119 e. The van der Waals surface area contributed by atoms with Crippen LogP contribution in [0.2, 0.25) is 0 Å². The maximum atomic E-state index is 10.1. The fourth-order valence-electron chi connectivity index (χ4n) is 2.69. The molecule has 1 aliphatic heterocycles. The molecule has 0 aliphatic carbocycles. The maximum absolute atomic E-state index is 10.1. The van der Waals surface area contributed by atoms with Gasteiger partial charge >= 0.3 is 0 Å². The Kier molecular flexibility index (Phi) is 6.48. The third-order valence-electron chi connectivity index (χ3n) is 4.07. The highest BCUT2D eigenvalue weighted by molar-refractivity contribution is 9.10. The van der Waals surface area contributed by atoms with Crippen molar-refractivity contribution >= 4 is 15.9 Å². The van der Waals surface area contributed by atoms with E-state index in [0.717, 1.165) is 23.3 Å². The minimum absolute atomic E-state index is 0.332. The minimum atomic E-state index is -0.460. The number of likely N-dealkylation sites (tertiary alicyclic amines) is 1. The molecule has 1 heterocycles. The number of halogens is 1. The Hall–Kier alpha value is -0.620. The fraction of sp³-hybridized carbons (Fsp3) is 0.625. The molecular weight excluding hydrogens is 332 g/mol. The van der Waals surface area contributed by atoms with Gasteiger partial charge in [0.25, 0.3) is 0 Å². The molecule has 0 bridgehead atoms. The molecule has 5 heteroatoms. The van der Waals surface area contributed by atoms with E-state index in [1.54, 1.807) is 0 Å². The molecule has 118 valence electrons. The van der Waals surface area contributed by atoms with E-state index in [4.69, 9.17) is 4.74 Å². The van der Waals surface area contributed by atoms with Gasteiger partial charge in [-0.15, -0.1) is 0 Å². The molecule has 1 aliphatic rings. The average Bonchev–Trinajstić information content (AvgIpc) is 2.47. The quantitative estimate of drug-likeness (QED) is 0.847. The first-order chi connectivity index (χ1) is 10.0. The summed E-state index contributed by atoms with van der Waals surface area (Å²) < 4.78 is 6.65. The Labute approximate surface area is 135 Å². The third kappa shape index (κ3) is 5.58. The Morgan fingerprint density at radius 2 is 1.95 bits per heavy atom. The van der Waals surface area contributed by atoms with Gasteiger partial charge in [0.15, 0.2) is 0 Å². The highest BCUT2D eigenvalue weighted by Crippen LogP contribution is 2.17. The highest BCUT2D eigenvalue weighted by Gasteiger charge is 2.22. The molecule has 2 rings (SSSR count). The van der Waals surface area contributed by atoms with Gasteiger partial charge in [-0.3, -0.25) is 0 Å². The number of likely N-dealkylation sites (N-methyl/N-ethyl adjacent to an activating group) is 1. The Balaban J connectivity index is 1.71. The number of aliphatic hydroxyl groups excluding tert-OH is 1. The Morgan fingerprint density at radius 3 is 2.57 bits per heavy atom. The van der Waals surface area contributed by atoms with Crippen LogP contribution >= 0.6 is 15.9 Å². The van der Waals surface area contributed by atoms with Crippen LogP contribution in [0.5, 0.6) is 5.75 Å². The van der Waals surface area contributed by atoms with Gasteiger partial charge in [-0.2, -0.15) is 0 Å². The van der Waals surface area contributed by atoms with E-state index < -0.39 is 6.10 Å². The van der Waals surface area contributed by atoms with Crippen molar-refractivity contribution in [2.45, 2.75) is 25.0 Å². The molecule has 0 saturated carbocycles. The molecular formula is C16H25BrN2O2. The topological polar surface area (TPSA) is 35.9 Å². The number of hydrogen-bond donors (Lipinski definition) is 1. The van der Waals surface area contributed by atoms with Crippen LogP contribution in [-0.2, 0) is 0 Å². The van der Waals surface area contributed by atoms with Crippen molar-refractivity contribution < 1.29 is 9.84 Å². The van der Waals surface area contributed by atoms with Crippen molar-refractivity contribution in [1.82, 2.24) is 9.80 Å². The van der Waals surface area contributed by atoms with Gasteiger partial charge in [-0.1, -0.05) is 15.9 Å². The van der Waals surface area contributed by atoms with Crippen molar-refractivity contribution in [1.29, 1.82) is 0 Å². The van der Waals surface area contributed by atoms with Crippen LogP contribution in [-0.4, -0.2) is 67.4 Å². The van der Waals surface area contributed by atoms with Crippen LogP contribution in [0.15, 0.2) is 28.7 Å². The second-order valence-corrected chi connectivity index (χ2v) is 6.81. The fourth-order valence-corrected chi connectivity index (χ4v) is 2.96. The van der Waals surface area contributed by atoms with E-state index in [1.807, 2.05) is 24.3 Å². The molecule has 0 unspecified atom stereocenters. The molecule has 0 spiro atoms. The lowest BCUT2D eigenvalue weighted by Gasteiger charge is -2.35. The van der Waals surface area contributed by atoms with Crippen molar-refractivity contribution in [2.75, 3.05) is 40.3 Å². The van der Waals surface area contributed by atoms with Gasteiger partial charge in [-0.25, -0.2) is 0 Å². The summed E-state index contributed by atoms with van der Waals surface area (Å²) in [6.07, 6.45) is 1.89. The third-order valence-corrected chi connectivity index (χ3v) is 4.59. The van der Waals surface area contributed by atoms with Gasteiger partial charge in [0, 0.05) is 17.1 Å². The average molecular weight is 357 g/mol. The van der Waals surface area contributed by atoms with E-state index in [1.165, 1.54) is 12.8 Å². The first-order valence-corrected chi connectivity index (χ1v) is 8.29. The summed E-state index contributed by atoms with van der Waals surface area (Å²) in [6, 6.07) is 8.25. The molecule has 1 aromatic carbocycles. The second-order valence-electron chi connectivity index (χ2n) is 5.89. The molecule has 0 radical (unpaired) electrons. The predicted molar refractivity (Wildman–Crippen MR) is 88.8 cm³/mol. The Morgan fingerprint density at radius 1 is 1.33 bits per heavy atom. The lowest BCUT2D eigenvalue weighted by atomic mass is 10.0. The van der Waals surface area contributed by atoms with Gasteiger partial charge in [-0.05, 0) is 64.3 Å². The summed E-state index contributed by atoms with van der Waals surface area (Å²) in [7, 11) is 4.26. The van der Waals surface area contributed by atoms with Gasteiger partial charge in [0.05, 0.1) is 0 Å². The zero-order valence-electron chi connectivity index (χ0n) is 12.8. The SMILES string of the molecule is CN1CCC(N(C)C[C@@H](O)COc2ccc(Br)cc2)CC1. The number of nitrogens with zero attached hydrogens (tertiary/aromatic N) is 2. The molecule has 1 fully saturated rings. The first-order valence-electron chi connectivity index (χ1n) is 7.50. The summed E-state index contributed by atoms with van der Waals surface area (Å²) in [5.41, 5.74) is 0. The molecule has 0 amide bonds. The van der Waals surface area contributed by atoms with Crippen LogP contribution in [0.25, 0.3) is 0 Å². The highest BCUT2D eigenvalue weighted by atomic mass is 79.9. The monoisotopic (exact) mass is 356 g/mol. The number of aliphatic hydroxyl groups is 1.